The molecule has 4 heteroatoms. The van der Waals surface area contributed by atoms with Crippen LogP contribution in [0.2, 0.25) is 0 Å². The van der Waals surface area contributed by atoms with Gasteiger partial charge in [0.15, 0.2) is 5.78 Å². The summed E-state index contributed by atoms with van der Waals surface area (Å²) >= 11 is 0. The average Bonchev–Trinajstić information content (AvgIpc) is 2.36. The van der Waals surface area contributed by atoms with Gasteiger partial charge in [-0.15, -0.1) is 0 Å². The third-order valence-corrected chi connectivity index (χ3v) is 3.27. The molecule has 1 aliphatic heterocycles. The van der Waals surface area contributed by atoms with Crippen molar-refractivity contribution in [1.82, 2.24) is 0 Å². The Balaban J connectivity index is 2.41. The molecule has 0 spiro atoms. The molecule has 0 saturated carbocycles. The van der Waals surface area contributed by atoms with E-state index in [2.05, 4.69) is 11.0 Å². The van der Waals surface area contributed by atoms with Crippen molar-refractivity contribution in [3.05, 3.63) is 29.3 Å². The number of ether oxygens (including phenoxy) is 1. The number of anilines is 1. The molecule has 1 aliphatic rings. The Morgan fingerprint density at radius 3 is 2.53 bits per heavy atom. The number of ketones is 1. The van der Waals surface area contributed by atoms with Crippen LogP contribution in [0.1, 0.15) is 36.7 Å². The van der Waals surface area contributed by atoms with E-state index in [1.54, 1.807) is 25.1 Å². The first-order valence-corrected chi connectivity index (χ1v) is 6.46. The number of nitrogens with zero attached hydrogens (tertiary/aromatic N) is 2. The normalized spacial score (nSPS) is 22.9. The molecular weight excluding hydrogens is 240 g/mol. The van der Waals surface area contributed by atoms with Crippen LogP contribution in [0.25, 0.3) is 0 Å². The summed E-state index contributed by atoms with van der Waals surface area (Å²) in [4.78, 5) is 13.9. The zero-order valence-corrected chi connectivity index (χ0v) is 11.5. The highest BCUT2D eigenvalue weighted by Crippen LogP contribution is 2.26. The highest BCUT2D eigenvalue weighted by molar-refractivity contribution is 6.00. The Morgan fingerprint density at radius 2 is 2.00 bits per heavy atom. The summed E-state index contributed by atoms with van der Waals surface area (Å²) in [5.74, 6) is 0.0197. The topological polar surface area (TPSA) is 53.3 Å². The van der Waals surface area contributed by atoms with Crippen molar-refractivity contribution >= 4 is 11.5 Å². The fourth-order valence-electron chi connectivity index (χ4n) is 2.54. The Labute approximate surface area is 113 Å². The Bertz CT molecular complexity index is 523. The quantitative estimate of drug-likeness (QED) is 0.764. The van der Waals surface area contributed by atoms with E-state index in [0.717, 1.165) is 18.8 Å². The summed E-state index contributed by atoms with van der Waals surface area (Å²) in [6, 6.07) is 7.34. The van der Waals surface area contributed by atoms with Gasteiger partial charge in [0, 0.05) is 24.3 Å². The van der Waals surface area contributed by atoms with Crippen molar-refractivity contribution in [3.63, 3.8) is 0 Å². The SMILES string of the molecule is CC(=O)c1ccc(C#N)cc1N1C[C@@H](C)O[C@@H](C)C1. The number of Topliss-reactive ketones (excluding diaryl/α,β-unsaturated/α-hetero) is 1. The van der Waals surface area contributed by atoms with Gasteiger partial charge >= 0.3 is 0 Å². The zero-order valence-electron chi connectivity index (χ0n) is 11.5. The molecule has 4 nitrogen and oxygen atoms in total. The van der Waals surface area contributed by atoms with E-state index in [-0.39, 0.29) is 18.0 Å². The van der Waals surface area contributed by atoms with Crippen molar-refractivity contribution in [3.8, 4) is 6.07 Å². The van der Waals surface area contributed by atoms with Gasteiger partial charge in [-0.1, -0.05) is 0 Å². The first kappa shape index (κ1) is 13.6. The molecule has 0 radical (unpaired) electrons. The fraction of sp³-hybridized carbons (Fsp3) is 0.467. The molecule has 0 bridgehead atoms. The molecule has 1 heterocycles. The average molecular weight is 258 g/mol. The van der Waals surface area contributed by atoms with Gasteiger partial charge < -0.3 is 9.64 Å². The van der Waals surface area contributed by atoms with Crippen LogP contribution in [0.15, 0.2) is 18.2 Å². The number of hydrogen-bond acceptors (Lipinski definition) is 4. The first-order chi connectivity index (χ1) is 9.01. The summed E-state index contributed by atoms with van der Waals surface area (Å²) < 4.78 is 5.70. The molecule has 0 amide bonds. The van der Waals surface area contributed by atoms with Crippen LogP contribution < -0.4 is 4.90 Å². The maximum Gasteiger partial charge on any atom is 0.161 e. The lowest BCUT2D eigenvalue weighted by Crippen LogP contribution is -2.46. The highest BCUT2D eigenvalue weighted by atomic mass is 16.5. The fourth-order valence-corrected chi connectivity index (χ4v) is 2.54. The van der Waals surface area contributed by atoms with Gasteiger partial charge in [-0.25, -0.2) is 0 Å². The Kier molecular flexibility index (Phi) is 3.87. The number of carbonyl (C=O) groups is 1. The second kappa shape index (κ2) is 5.41. The molecule has 1 fully saturated rings. The molecule has 100 valence electrons. The van der Waals surface area contributed by atoms with Crippen LogP contribution >= 0.6 is 0 Å². The summed E-state index contributed by atoms with van der Waals surface area (Å²) in [6.45, 7) is 7.06. The van der Waals surface area contributed by atoms with E-state index in [1.165, 1.54) is 0 Å². The zero-order chi connectivity index (χ0) is 14.0. The molecule has 1 aromatic carbocycles. The molecule has 1 aromatic rings. The molecule has 1 saturated heterocycles. The lowest BCUT2D eigenvalue weighted by molar-refractivity contribution is -0.00526. The minimum Gasteiger partial charge on any atom is -0.372 e. The molecule has 19 heavy (non-hydrogen) atoms. The Morgan fingerprint density at radius 1 is 1.37 bits per heavy atom. The molecule has 2 rings (SSSR count). The van der Waals surface area contributed by atoms with Gasteiger partial charge in [0.25, 0.3) is 0 Å². The van der Waals surface area contributed by atoms with E-state index >= 15 is 0 Å². The minimum absolute atomic E-state index is 0.0197. The van der Waals surface area contributed by atoms with Crippen LogP contribution in [-0.2, 0) is 4.74 Å². The van der Waals surface area contributed by atoms with Crippen molar-refractivity contribution in [2.24, 2.45) is 0 Å². The monoisotopic (exact) mass is 258 g/mol. The molecule has 0 unspecified atom stereocenters. The number of hydrogen-bond donors (Lipinski definition) is 0. The lowest BCUT2D eigenvalue weighted by atomic mass is 10.0. The van der Waals surface area contributed by atoms with Crippen LogP contribution in [0.4, 0.5) is 5.69 Å². The van der Waals surface area contributed by atoms with E-state index in [9.17, 15) is 4.79 Å². The van der Waals surface area contributed by atoms with Gasteiger partial charge in [-0.05, 0) is 39.0 Å². The molecule has 0 aromatic heterocycles. The smallest absolute Gasteiger partial charge is 0.161 e. The van der Waals surface area contributed by atoms with E-state index < -0.39 is 0 Å². The maximum absolute atomic E-state index is 11.7. The van der Waals surface area contributed by atoms with Crippen molar-refractivity contribution in [2.75, 3.05) is 18.0 Å². The highest BCUT2D eigenvalue weighted by Gasteiger charge is 2.25. The molecule has 0 N–H and O–H groups in total. The maximum atomic E-state index is 11.7. The van der Waals surface area contributed by atoms with Crippen LogP contribution in [-0.4, -0.2) is 31.1 Å². The van der Waals surface area contributed by atoms with Gasteiger partial charge in [0.05, 0.1) is 23.8 Å². The third-order valence-electron chi connectivity index (χ3n) is 3.27. The van der Waals surface area contributed by atoms with Gasteiger partial charge in [-0.2, -0.15) is 5.26 Å². The summed E-state index contributed by atoms with van der Waals surface area (Å²) in [7, 11) is 0. The summed E-state index contributed by atoms with van der Waals surface area (Å²) in [5.41, 5.74) is 2.08. The van der Waals surface area contributed by atoms with Crippen LogP contribution in [0.5, 0.6) is 0 Å². The third kappa shape index (κ3) is 2.94. The lowest BCUT2D eigenvalue weighted by Gasteiger charge is -2.37. The predicted octanol–water partition coefficient (Wildman–Crippen LogP) is 2.37. The minimum atomic E-state index is 0.0197. The van der Waals surface area contributed by atoms with Crippen molar-refractivity contribution in [1.29, 1.82) is 5.26 Å². The van der Waals surface area contributed by atoms with E-state index in [0.29, 0.717) is 11.1 Å². The van der Waals surface area contributed by atoms with E-state index in [4.69, 9.17) is 10.00 Å². The van der Waals surface area contributed by atoms with Crippen LogP contribution in [0, 0.1) is 11.3 Å². The summed E-state index contributed by atoms with van der Waals surface area (Å²) in [5, 5.41) is 9.02. The number of carbonyl (C=O) groups excluding carboxylic acids is 1. The number of morpholine rings is 1. The van der Waals surface area contributed by atoms with Gasteiger partial charge in [0.1, 0.15) is 0 Å². The molecule has 0 aliphatic carbocycles. The van der Waals surface area contributed by atoms with Crippen molar-refractivity contribution < 1.29 is 9.53 Å². The second-order valence-electron chi connectivity index (χ2n) is 5.06. The van der Waals surface area contributed by atoms with Gasteiger partial charge in [-0.3, -0.25) is 4.79 Å². The predicted molar refractivity (Wildman–Crippen MR) is 73.4 cm³/mol. The number of nitriles is 1. The molecular formula is C15H18N2O2. The number of benzene rings is 1. The first-order valence-electron chi connectivity index (χ1n) is 6.46. The largest absolute Gasteiger partial charge is 0.372 e. The number of rotatable bonds is 2. The second-order valence-corrected chi connectivity index (χ2v) is 5.06. The van der Waals surface area contributed by atoms with Crippen LogP contribution in [0.3, 0.4) is 0 Å². The van der Waals surface area contributed by atoms with E-state index in [1.807, 2.05) is 13.8 Å². The van der Waals surface area contributed by atoms with Crippen molar-refractivity contribution in [2.45, 2.75) is 33.0 Å². The Hall–Kier alpha value is -1.86. The standard InChI is InChI=1S/C15H18N2O2/c1-10-8-17(9-11(2)19-10)15-6-13(7-16)4-5-14(15)12(3)18/h4-6,10-11H,8-9H2,1-3H3/t10-,11+. The molecule has 2 atom stereocenters. The summed E-state index contributed by atoms with van der Waals surface area (Å²) in [6.07, 6.45) is 0.239. The van der Waals surface area contributed by atoms with Gasteiger partial charge in [0.2, 0.25) is 0 Å².